The van der Waals surface area contributed by atoms with Crippen LogP contribution in [0.4, 0.5) is 0 Å². The van der Waals surface area contributed by atoms with Crippen LogP contribution in [0.15, 0.2) is 11.1 Å². The number of unbranched alkanes of at least 4 members (excludes halogenated alkanes) is 1. The molecule has 80 valence electrons. The maximum atomic E-state index is 11.9. The van der Waals surface area contributed by atoms with E-state index in [1.807, 2.05) is 13.0 Å². The molecular weight excluding hydrogens is 190 g/mol. The molecule has 1 rings (SSSR count). The molecule has 0 aromatic heterocycles. The summed E-state index contributed by atoms with van der Waals surface area (Å²) < 4.78 is 0. The first-order chi connectivity index (χ1) is 6.99. The van der Waals surface area contributed by atoms with Crippen LogP contribution >= 0.6 is 0 Å². The summed E-state index contributed by atoms with van der Waals surface area (Å²) in [5.41, 5.74) is -0.406. The fourth-order valence-corrected chi connectivity index (χ4v) is 1.84. The van der Waals surface area contributed by atoms with E-state index in [0.29, 0.717) is 17.6 Å². The highest BCUT2D eigenvalue weighted by Gasteiger charge is 2.49. The van der Waals surface area contributed by atoms with Gasteiger partial charge in [-0.3, -0.25) is 9.59 Å². The maximum Gasteiger partial charge on any atom is 0.187 e. The minimum atomic E-state index is -1.45. The summed E-state index contributed by atoms with van der Waals surface area (Å²) in [5, 5.41) is 8.91. The molecule has 0 fully saturated rings. The minimum Gasteiger partial charge on any atom is -0.292 e. The van der Waals surface area contributed by atoms with Gasteiger partial charge in [-0.2, -0.15) is 5.26 Å². The van der Waals surface area contributed by atoms with Crippen LogP contribution in [-0.2, 0) is 9.59 Å². The monoisotopic (exact) mass is 205 g/mol. The maximum absolute atomic E-state index is 11.9. The van der Waals surface area contributed by atoms with Crippen LogP contribution in [0.5, 0.6) is 0 Å². The number of rotatable bonds is 3. The summed E-state index contributed by atoms with van der Waals surface area (Å²) >= 11 is 0. The molecule has 0 aromatic rings. The van der Waals surface area contributed by atoms with E-state index in [2.05, 4.69) is 0 Å². The summed E-state index contributed by atoms with van der Waals surface area (Å²) in [6, 6.07) is 1.84. The number of hydrogen-bond acceptors (Lipinski definition) is 3. The number of hydrogen-bond donors (Lipinski definition) is 0. The molecule has 1 aliphatic rings. The van der Waals surface area contributed by atoms with Crippen molar-refractivity contribution in [2.45, 2.75) is 40.0 Å². The molecule has 0 spiro atoms. The van der Waals surface area contributed by atoms with Gasteiger partial charge in [-0.05, 0) is 26.7 Å². The van der Waals surface area contributed by atoms with Gasteiger partial charge in [0.1, 0.15) is 0 Å². The van der Waals surface area contributed by atoms with Crippen molar-refractivity contribution < 1.29 is 9.59 Å². The van der Waals surface area contributed by atoms with Crippen LogP contribution in [-0.4, -0.2) is 11.6 Å². The van der Waals surface area contributed by atoms with E-state index in [0.717, 1.165) is 12.8 Å². The van der Waals surface area contributed by atoms with Gasteiger partial charge in [0, 0.05) is 11.1 Å². The molecule has 1 atom stereocenters. The van der Waals surface area contributed by atoms with E-state index in [4.69, 9.17) is 5.26 Å². The predicted molar refractivity (Wildman–Crippen MR) is 56.0 cm³/mol. The Bertz CT molecular complexity index is 387. The topological polar surface area (TPSA) is 57.9 Å². The molecule has 0 aliphatic heterocycles. The second-order valence-electron chi connectivity index (χ2n) is 4.10. The van der Waals surface area contributed by atoms with Crippen molar-refractivity contribution >= 4 is 11.6 Å². The minimum absolute atomic E-state index is 0.291. The standard InChI is InChI=1S/C12H15NO2/c1-4-5-6-9-8(2)10(14)12(3,7-13)11(9)15/h4-6H2,1-3H3/t12-/m0/s1. The highest BCUT2D eigenvalue weighted by atomic mass is 16.2. The molecule has 0 aromatic carbocycles. The zero-order valence-electron chi connectivity index (χ0n) is 9.39. The Labute approximate surface area is 89.8 Å². The third-order valence-electron chi connectivity index (χ3n) is 2.98. The summed E-state index contributed by atoms with van der Waals surface area (Å²) in [5.74, 6) is -0.609. The van der Waals surface area contributed by atoms with Gasteiger partial charge < -0.3 is 0 Å². The zero-order valence-corrected chi connectivity index (χ0v) is 9.39. The van der Waals surface area contributed by atoms with E-state index >= 15 is 0 Å². The molecule has 0 heterocycles. The average molecular weight is 205 g/mol. The number of carbonyl (C=O) groups excluding carboxylic acids is 2. The first kappa shape index (κ1) is 11.6. The fraction of sp³-hybridized carbons (Fsp3) is 0.583. The molecule has 0 radical (unpaired) electrons. The molecule has 0 amide bonds. The van der Waals surface area contributed by atoms with Crippen molar-refractivity contribution in [2.75, 3.05) is 0 Å². The van der Waals surface area contributed by atoms with Gasteiger partial charge in [0.2, 0.25) is 0 Å². The van der Waals surface area contributed by atoms with Crippen LogP contribution in [0.1, 0.15) is 40.0 Å². The normalized spacial score (nSPS) is 26.0. The summed E-state index contributed by atoms with van der Waals surface area (Å²) in [7, 11) is 0. The van der Waals surface area contributed by atoms with Gasteiger partial charge in [0.05, 0.1) is 6.07 Å². The third kappa shape index (κ3) is 1.61. The lowest BCUT2D eigenvalue weighted by atomic mass is 9.85. The van der Waals surface area contributed by atoms with Gasteiger partial charge in [-0.25, -0.2) is 0 Å². The van der Waals surface area contributed by atoms with Crippen molar-refractivity contribution in [3.05, 3.63) is 11.1 Å². The molecule has 0 saturated heterocycles. The number of allylic oxidation sites excluding steroid dienone is 2. The van der Waals surface area contributed by atoms with Crippen LogP contribution in [0, 0.1) is 16.7 Å². The lowest BCUT2D eigenvalue weighted by molar-refractivity contribution is -0.129. The molecule has 3 heteroatoms. The van der Waals surface area contributed by atoms with Crippen molar-refractivity contribution in [3.63, 3.8) is 0 Å². The Morgan fingerprint density at radius 3 is 2.33 bits per heavy atom. The second kappa shape index (κ2) is 3.98. The van der Waals surface area contributed by atoms with Gasteiger partial charge in [-0.15, -0.1) is 0 Å². The molecule has 1 aliphatic carbocycles. The van der Waals surface area contributed by atoms with Crippen LogP contribution in [0.2, 0.25) is 0 Å². The van der Waals surface area contributed by atoms with E-state index < -0.39 is 5.41 Å². The first-order valence-corrected chi connectivity index (χ1v) is 5.19. The molecule has 0 unspecified atom stereocenters. The zero-order chi connectivity index (χ0) is 11.6. The summed E-state index contributed by atoms with van der Waals surface area (Å²) in [6.07, 6.45) is 2.47. The highest BCUT2D eigenvalue weighted by molar-refractivity contribution is 6.29. The lowest BCUT2D eigenvalue weighted by Crippen LogP contribution is -2.29. The summed E-state index contributed by atoms with van der Waals surface area (Å²) in [4.78, 5) is 23.6. The average Bonchev–Trinajstić information content (AvgIpc) is 2.40. The molecule has 0 saturated carbocycles. The second-order valence-corrected chi connectivity index (χ2v) is 4.10. The molecular formula is C12H15NO2. The Morgan fingerprint density at radius 2 is 1.93 bits per heavy atom. The van der Waals surface area contributed by atoms with Gasteiger partial charge in [0.15, 0.2) is 17.0 Å². The van der Waals surface area contributed by atoms with Crippen LogP contribution in [0.3, 0.4) is 0 Å². The largest absolute Gasteiger partial charge is 0.292 e. The Morgan fingerprint density at radius 1 is 1.33 bits per heavy atom. The number of carbonyl (C=O) groups is 2. The van der Waals surface area contributed by atoms with Gasteiger partial charge in [0.25, 0.3) is 0 Å². The highest BCUT2D eigenvalue weighted by Crippen LogP contribution is 2.36. The van der Waals surface area contributed by atoms with E-state index in [9.17, 15) is 9.59 Å². The molecule has 15 heavy (non-hydrogen) atoms. The predicted octanol–water partition coefficient (Wildman–Crippen LogP) is 2.17. The lowest BCUT2D eigenvalue weighted by Gasteiger charge is -2.10. The van der Waals surface area contributed by atoms with Crippen molar-refractivity contribution in [1.82, 2.24) is 0 Å². The SMILES string of the molecule is CCCCC1=C(C)C(=O)[C@](C)(C#N)C1=O. The van der Waals surface area contributed by atoms with Crippen molar-refractivity contribution in [2.24, 2.45) is 5.41 Å². The van der Waals surface area contributed by atoms with Crippen LogP contribution in [0.25, 0.3) is 0 Å². The quantitative estimate of drug-likeness (QED) is 0.663. The molecule has 3 nitrogen and oxygen atoms in total. The van der Waals surface area contributed by atoms with Crippen molar-refractivity contribution in [3.8, 4) is 6.07 Å². The molecule has 0 N–H and O–H groups in total. The number of ketones is 2. The fourth-order valence-electron chi connectivity index (χ4n) is 1.84. The van der Waals surface area contributed by atoms with Gasteiger partial charge in [-0.1, -0.05) is 13.3 Å². The Balaban J connectivity index is 3.05. The van der Waals surface area contributed by atoms with Gasteiger partial charge >= 0.3 is 0 Å². The smallest absolute Gasteiger partial charge is 0.187 e. The number of Topliss-reactive ketones (excluding diaryl/α,β-unsaturated/α-hetero) is 2. The van der Waals surface area contributed by atoms with E-state index in [1.54, 1.807) is 6.92 Å². The van der Waals surface area contributed by atoms with Crippen molar-refractivity contribution in [1.29, 1.82) is 5.26 Å². The number of nitriles is 1. The molecule has 0 bridgehead atoms. The number of nitrogens with zero attached hydrogens (tertiary/aromatic N) is 1. The third-order valence-corrected chi connectivity index (χ3v) is 2.98. The van der Waals surface area contributed by atoms with Crippen LogP contribution < -0.4 is 0 Å². The Kier molecular flexibility index (Phi) is 3.09. The van der Waals surface area contributed by atoms with E-state index in [-0.39, 0.29) is 11.6 Å². The summed E-state index contributed by atoms with van der Waals surface area (Å²) in [6.45, 7) is 5.09. The Hall–Kier alpha value is -1.43. The first-order valence-electron chi connectivity index (χ1n) is 5.19. The van der Waals surface area contributed by atoms with E-state index in [1.165, 1.54) is 6.92 Å².